The van der Waals surface area contributed by atoms with Crippen molar-refractivity contribution in [3.63, 3.8) is 0 Å². The van der Waals surface area contributed by atoms with Crippen LogP contribution in [0.4, 0.5) is 4.39 Å². The second-order valence-electron chi connectivity index (χ2n) is 1.95. The molecule has 1 aromatic carbocycles. The van der Waals surface area contributed by atoms with Crippen molar-refractivity contribution in [3.8, 4) is 18.4 Å². The minimum Gasteiger partial charge on any atom is -0.207 e. The number of hydrogen-bond donors (Lipinski definition) is 0. The van der Waals surface area contributed by atoms with Gasteiger partial charge in [-0.3, -0.25) is 0 Å². The zero-order valence-electron chi connectivity index (χ0n) is 5.63. The zero-order chi connectivity index (χ0) is 8.27. The Morgan fingerprint density at radius 1 is 1.36 bits per heavy atom. The van der Waals surface area contributed by atoms with Crippen molar-refractivity contribution in [2.24, 2.45) is 0 Å². The number of rotatable bonds is 0. The minimum absolute atomic E-state index is 0.299. The molecule has 0 N–H and O–H groups in total. The highest BCUT2D eigenvalue weighted by molar-refractivity contribution is 5.46. The van der Waals surface area contributed by atoms with Gasteiger partial charge in [-0.05, 0) is 18.2 Å². The Morgan fingerprint density at radius 2 is 2.09 bits per heavy atom. The molecule has 11 heavy (non-hydrogen) atoms. The van der Waals surface area contributed by atoms with E-state index in [0.717, 1.165) is 0 Å². The number of nitriles is 1. The topological polar surface area (TPSA) is 23.8 Å². The van der Waals surface area contributed by atoms with E-state index in [2.05, 4.69) is 5.92 Å². The first-order valence-corrected chi connectivity index (χ1v) is 2.94. The summed E-state index contributed by atoms with van der Waals surface area (Å²) < 4.78 is 12.5. The molecule has 2 heteroatoms. The summed E-state index contributed by atoms with van der Waals surface area (Å²) in [4.78, 5) is 0. The molecule has 0 aliphatic heterocycles. The van der Waals surface area contributed by atoms with E-state index in [1.807, 2.05) is 6.07 Å². The van der Waals surface area contributed by atoms with Crippen molar-refractivity contribution >= 4 is 0 Å². The van der Waals surface area contributed by atoms with Crippen molar-refractivity contribution < 1.29 is 4.39 Å². The maximum absolute atomic E-state index is 12.5. The minimum atomic E-state index is -0.419. The van der Waals surface area contributed by atoms with E-state index >= 15 is 0 Å². The van der Waals surface area contributed by atoms with Crippen LogP contribution in [-0.2, 0) is 0 Å². The van der Waals surface area contributed by atoms with Gasteiger partial charge in [-0.1, -0.05) is 5.92 Å². The van der Waals surface area contributed by atoms with Gasteiger partial charge in [-0.25, -0.2) is 4.39 Å². The molecule has 1 rings (SSSR count). The monoisotopic (exact) mass is 145 g/mol. The maximum atomic E-state index is 12.5. The van der Waals surface area contributed by atoms with Crippen LogP contribution in [0.5, 0.6) is 0 Å². The van der Waals surface area contributed by atoms with Gasteiger partial charge in [-0.2, -0.15) is 5.26 Å². The summed E-state index contributed by atoms with van der Waals surface area (Å²) in [5.41, 5.74) is 0.626. The van der Waals surface area contributed by atoms with Crippen LogP contribution in [0.2, 0.25) is 0 Å². The van der Waals surface area contributed by atoms with Gasteiger partial charge in [0.1, 0.15) is 11.9 Å². The third kappa shape index (κ3) is 1.36. The lowest BCUT2D eigenvalue weighted by molar-refractivity contribution is 0.627. The van der Waals surface area contributed by atoms with Gasteiger partial charge >= 0.3 is 0 Å². The Bertz CT molecular complexity index is 355. The normalized spacial score (nSPS) is 8.27. The third-order valence-electron chi connectivity index (χ3n) is 1.26. The van der Waals surface area contributed by atoms with E-state index in [-0.39, 0.29) is 0 Å². The van der Waals surface area contributed by atoms with E-state index in [1.54, 1.807) is 0 Å². The Balaban J connectivity index is 3.34. The molecule has 0 radical (unpaired) electrons. The van der Waals surface area contributed by atoms with Crippen LogP contribution in [-0.4, -0.2) is 0 Å². The molecule has 1 aromatic rings. The second-order valence-corrected chi connectivity index (χ2v) is 1.95. The molecule has 0 amide bonds. The van der Waals surface area contributed by atoms with Gasteiger partial charge in [0.25, 0.3) is 0 Å². The number of benzene rings is 1. The Hall–Kier alpha value is -1.80. The highest BCUT2D eigenvalue weighted by Crippen LogP contribution is 2.08. The fraction of sp³-hybridized carbons (Fsp3) is 0. The summed E-state index contributed by atoms with van der Waals surface area (Å²) in [5.74, 6) is 1.81. The molecule has 0 unspecified atom stereocenters. The second kappa shape index (κ2) is 2.86. The van der Waals surface area contributed by atoms with Gasteiger partial charge < -0.3 is 0 Å². The molecule has 52 valence electrons. The Labute approximate surface area is 64.1 Å². The summed E-state index contributed by atoms with van der Waals surface area (Å²) >= 11 is 0. The highest BCUT2D eigenvalue weighted by atomic mass is 19.1. The van der Waals surface area contributed by atoms with Gasteiger partial charge in [0, 0.05) is 5.56 Å². The molecule has 0 saturated heterocycles. The van der Waals surface area contributed by atoms with Crippen molar-refractivity contribution in [2.45, 2.75) is 0 Å². The fourth-order valence-electron chi connectivity index (χ4n) is 0.733. The lowest BCUT2D eigenvalue weighted by Gasteiger charge is -1.93. The number of halogens is 1. The maximum Gasteiger partial charge on any atom is 0.124 e. The van der Waals surface area contributed by atoms with E-state index < -0.39 is 5.82 Å². The van der Waals surface area contributed by atoms with Crippen LogP contribution in [0.1, 0.15) is 11.1 Å². The lowest BCUT2D eigenvalue weighted by atomic mass is 10.1. The molecule has 0 atom stereocenters. The first-order valence-electron chi connectivity index (χ1n) is 2.94. The molecule has 0 aromatic heterocycles. The third-order valence-corrected chi connectivity index (χ3v) is 1.26. The first-order chi connectivity index (χ1) is 5.27. The van der Waals surface area contributed by atoms with E-state index in [1.165, 1.54) is 18.2 Å². The number of terminal acetylenes is 1. The summed E-state index contributed by atoms with van der Waals surface area (Å²) in [7, 11) is 0. The summed E-state index contributed by atoms with van der Waals surface area (Å²) in [6, 6.07) is 5.60. The number of hydrogen-bond acceptors (Lipinski definition) is 1. The van der Waals surface area contributed by atoms with Crippen molar-refractivity contribution in [2.75, 3.05) is 0 Å². The van der Waals surface area contributed by atoms with Gasteiger partial charge in [0.05, 0.1) is 5.56 Å². The SMILES string of the molecule is C#Cc1cc(F)ccc1C#N. The van der Waals surface area contributed by atoms with Gasteiger partial charge in [0.15, 0.2) is 0 Å². The van der Waals surface area contributed by atoms with Gasteiger partial charge in [0.2, 0.25) is 0 Å². The van der Waals surface area contributed by atoms with Crippen molar-refractivity contribution in [1.82, 2.24) is 0 Å². The summed E-state index contributed by atoms with van der Waals surface area (Å²) in [5, 5.41) is 8.47. The zero-order valence-corrected chi connectivity index (χ0v) is 5.63. The largest absolute Gasteiger partial charge is 0.207 e. The molecular formula is C9H4FN. The predicted molar refractivity (Wildman–Crippen MR) is 39.1 cm³/mol. The fourth-order valence-corrected chi connectivity index (χ4v) is 0.733. The molecule has 0 heterocycles. The quantitative estimate of drug-likeness (QED) is 0.509. The highest BCUT2D eigenvalue weighted by Gasteiger charge is 1.98. The predicted octanol–water partition coefficient (Wildman–Crippen LogP) is 1.68. The van der Waals surface area contributed by atoms with Crippen LogP contribution < -0.4 is 0 Å². The molecule has 0 fully saturated rings. The van der Waals surface area contributed by atoms with Crippen LogP contribution in [0.25, 0.3) is 0 Å². The van der Waals surface area contributed by atoms with E-state index in [0.29, 0.717) is 11.1 Å². The summed E-state index contributed by atoms with van der Waals surface area (Å²) in [6.45, 7) is 0. The average molecular weight is 145 g/mol. The van der Waals surface area contributed by atoms with Crippen molar-refractivity contribution in [3.05, 3.63) is 35.1 Å². The average Bonchev–Trinajstić information content (AvgIpc) is 2.04. The molecule has 0 aliphatic carbocycles. The molecule has 0 aliphatic rings. The van der Waals surface area contributed by atoms with E-state index in [9.17, 15) is 4.39 Å². The van der Waals surface area contributed by atoms with E-state index in [4.69, 9.17) is 11.7 Å². The Morgan fingerprint density at radius 3 is 2.64 bits per heavy atom. The van der Waals surface area contributed by atoms with Crippen LogP contribution in [0, 0.1) is 29.5 Å². The van der Waals surface area contributed by atoms with Crippen LogP contribution in [0.15, 0.2) is 18.2 Å². The molecule has 0 saturated carbocycles. The molecular weight excluding hydrogens is 141 g/mol. The standard InChI is InChI=1S/C9H4FN/c1-2-7-5-9(10)4-3-8(7)6-11/h1,3-5H. The smallest absolute Gasteiger partial charge is 0.124 e. The van der Waals surface area contributed by atoms with Crippen LogP contribution in [0.3, 0.4) is 0 Å². The molecule has 0 bridgehead atoms. The Kier molecular flexibility index (Phi) is 1.90. The first kappa shape index (κ1) is 7.31. The molecule has 1 nitrogen and oxygen atoms in total. The number of nitrogens with zero attached hydrogens (tertiary/aromatic N) is 1. The lowest BCUT2D eigenvalue weighted by Crippen LogP contribution is -1.84. The summed E-state index contributed by atoms with van der Waals surface area (Å²) in [6.07, 6.45) is 5.03. The molecule has 0 spiro atoms. The van der Waals surface area contributed by atoms with Gasteiger partial charge in [-0.15, -0.1) is 6.42 Å². The van der Waals surface area contributed by atoms with Crippen molar-refractivity contribution in [1.29, 1.82) is 5.26 Å². The van der Waals surface area contributed by atoms with Crippen LogP contribution >= 0.6 is 0 Å².